The monoisotopic (exact) mass is 280 g/mol. The van der Waals surface area contributed by atoms with Crippen LogP contribution in [0.1, 0.15) is 48.6 Å². The van der Waals surface area contributed by atoms with Crippen LogP contribution < -0.4 is 0 Å². The number of hydrogen-bond donors (Lipinski definition) is 0. The largest absolute Gasteiger partial charge is 0.0847 e. The molecule has 0 fully saturated rings. The molecular formula is C21H28. The Morgan fingerprint density at radius 3 is 2.14 bits per heavy atom. The molecule has 0 nitrogen and oxygen atoms in total. The van der Waals surface area contributed by atoms with Gasteiger partial charge in [0.2, 0.25) is 0 Å². The molecule has 0 atom stereocenters. The van der Waals surface area contributed by atoms with E-state index < -0.39 is 0 Å². The molecule has 0 spiro atoms. The number of aryl methyl sites for hydroxylation is 2. The van der Waals surface area contributed by atoms with Crippen LogP contribution in [0.25, 0.3) is 6.08 Å². The summed E-state index contributed by atoms with van der Waals surface area (Å²) in [7, 11) is 0. The lowest BCUT2D eigenvalue weighted by Crippen LogP contribution is -1.94. The molecule has 1 aromatic carbocycles. The molecule has 0 unspecified atom stereocenters. The molecule has 0 aliphatic heterocycles. The van der Waals surface area contributed by atoms with Crippen molar-refractivity contribution < 1.29 is 0 Å². The van der Waals surface area contributed by atoms with Crippen LogP contribution in [0.5, 0.6) is 0 Å². The van der Waals surface area contributed by atoms with Crippen molar-refractivity contribution in [3.63, 3.8) is 0 Å². The fourth-order valence-electron chi connectivity index (χ4n) is 2.28. The minimum atomic E-state index is 1.26. The molecule has 0 N–H and O–H groups in total. The zero-order chi connectivity index (χ0) is 16.0. The Bertz CT molecular complexity index is 620. The Kier molecular flexibility index (Phi) is 6.42. The van der Waals surface area contributed by atoms with Crippen LogP contribution in [0, 0.1) is 27.7 Å². The summed E-state index contributed by atoms with van der Waals surface area (Å²) in [5.74, 6) is 0. The fourth-order valence-corrected chi connectivity index (χ4v) is 2.28. The Morgan fingerprint density at radius 1 is 0.857 bits per heavy atom. The highest BCUT2D eigenvalue weighted by atomic mass is 14.1. The van der Waals surface area contributed by atoms with Crippen molar-refractivity contribution in [1.82, 2.24) is 0 Å². The van der Waals surface area contributed by atoms with E-state index in [1.807, 2.05) is 0 Å². The van der Waals surface area contributed by atoms with Crippen LogP contribution in [0.2, 0.25) is 0 Å². The van der Waals surface area contributed by atoms with E-state index in [9.17, 15) is 0 Å². The van der Waals surface area contributed by atoms with E-state index in [4.69, 9.17) is 0 Å². The number of rotatable bonds is 4. The molecule has 0 aromatic heterocycles. The SMILES string of the molecule is C/C=C(C)/C=C/C=C(C)/C=C/c1c(C)cc(C)c(C)c1C. The molecule has 1 rings (SSSR count). The first kappa shape index (κ1) is 17.2. The summed E-state index contributed by atoms with van der Waals surface area (Å²) in [5, 5.41) is 0. The zero-order valence-electron chi connectivity index (χ0n) is 14.5. The maximum absolute atomic E-state index is 2.27. The van der Waals surface area contributed by atoms with Crippen LogP contribution in [-0.2, 0) is 0 Å². The maximum Gasteiger partial charge on any atom is -0.0195 e. The summed E-state index contributed by atoms with van der Waals surface area (Å²) in [5.41, 5.74) is 9.39. The third-order valence-electron chi connectivity index (χ3n) is 4.10. The lowest BCUT2D eigenvalue weighted by molar-refractivity contribution is 1.22. The van der Waals surface area contributed by atoms with Gasteiger partial charge in [-0.3, -0.25) is 0 Å². The lowest BCUT2D eigenvalue weighted by atomic mass is 9.94. The Labute approximate surface area is 130 Å². The number of benzene rings is 1. The summed E-state index contributed by atoms with van der Waals surface area (Å²) in [6, 6.07) is 2.27. The average molecular weight is 280 g/mol. The van der Waals surface area contributed by atoms with Gasteiger partial charge >= 0.3 is 0 Å². The van der Waals surface area contributed by atoms with E-state index in [1.165, 1.54) is 39.0 Å². The van der Waals surface area contributed by atoms with E-state index in [0.29, 0.717) is 0 Å². The smallest absolute Gasteiger partial charge is 0.0195 e. The summed E-state index contributed by atoms with van der Waals surface area (Å²) in [6.45, 7) is 15.1. The van der Waals surface area contributed by atoms with Gasteiger partial charge in [-0.1, -0.05) is 53.7 Å². The van der Waals surface area contributed by atoms with Crippen LogP contribution in [0.4, 0.5) is 0 Å². The van der Waals surface area contributed by atoms with Gasteiger partial charge in [-0.05, 0) is 76.3 Å². The van der Waals surface area contributed by atoms with Crippen molar-refractivity contribution in [2.45, 2.75) is 48.5 Å². The van der Waals surface area contributed by atoms with E-state index in [2.05, 4.69) is 91.0 Å². The molecule has 112 valence electrons. The standard InChI is InChI=1S/C21H28/c1-8-15(2)10-9-11-16(3)12-13-21-18(5)14-17(4)19(6)20(21)7/h8-14H,1-7H3/b10-9+,13-12+,15-8+,16-11+. The first-order valence-electron chi connectivity index (χ1n) is 7.60. The highest BCUT2D eigenvalue weighted by molar-refractivity contribution is 5.62. The van der Waals surface area contributed by atoms with E-state index in [1.54, 1.807) is 0 Å². The summed E-state index contributed by atoms with van der Waals surface area (Å²) in [6.07, 6.45) is 12.9. The molecule has 1 aromatic rings. The highest BCUT2D eigenvalue weighted by Gasteiger charge is 2.04. The minimum Gasteiger partial charge on any atom is -0.0847 e. The predicted molar refractivity (Wildman–Crippen MR) is 96.8 cm³/mol. The van der Waals surface area contributed by atoms with Crippen LogP contribution in [0.3, 0.4) is 0 Å². The molecule has 0 heteroatoms. The highest BCUT2D eigenvalue weighted by Crippen LogP contribution is 2.23. The van der Waals surface area contributed by atoms with E-state index in [-0.39, 0.29) is 0 Å². The predicted octanol–water partition coefficient (Wildman–Crippen LogP) is 6.40. The van der Waals surface area contributed by atoms with Crippen molar-refractivity contribution in [3.8, 4) is 0 Å². The van der Waals surface area contributed by atoms with Crippen LogP contribution in [0.15, 0.2) is 47.6 Å². The van der Waals surface area contributed by atoms with Crippen molar-refractivity contribution in [2.24, 2.45) is 0 Å². The molecule has 0 bridgehead atoms. The maximum atomic E-state index is 2.27. The van der Waals surface area contributed by atoms with Gasteiger partial charge in [0.25, 0.3) is 0 Å². The van der Waals surface area contributed by atoms with Gasteiger partial charge in [-0.25, -0.2) is 0 Å². The summed E-state index contributed by atoms with van der Waals surface area (Å²) < 4.78 is 0. The van der Waals surface area contributed by atoms with Gasteiger partial charge in [-0.15, -0.1) is 0 Å². The Morgan fingerprint density at radius 2 is 1.52 bits per heavy atom. The van der Waals surface area contributed by atoms with Crippen LogP contribution >= 0.6 is 0 Å². The van der Waals surface area contributed by atoms with Gasteiger partial charge in [0.15, 0.2) is 0 Å². The van der Waals surface area contributed by atoms with Gasteiger partial charge < -0.3 is 0 Å². The first-order valence-corrected chi connectivity index (χ1v) is 7.60. The molecule has 0 saturated carbocycles. The third kappa shape index (κ3) is 4.90. The van der Waals surface area contributed by atoms with Gasteiger partial charge in [0.05, 0.1) is 0 Å². The van der Waals surface area contributed by atoms with Crippen molar-refractivity contribution in [2.75, 3.05) is 0 Å². The fraction of sp³-hybridized carbons (Fsp3) is 0.333. The second-order valence-electron chi connectivity index (χ2n) is 5.81. The minimum absolute atomic E-state index is 1.26. The molecule has 0 amide bonds. The molecule has 0 heterocycles. The average Bonchev–Trinajstić information content (AvgIpc) is 2.44. The lowest BCUT2D eigenvalue weighted by Gasteiger charge is -2.12. The molecule has 0 radical (unpaired) electrons. The van der Waals surface area contributed by atoms with Crippen molar-refractivity contribution in [3.05, 3.63) is 75.4 Å². The van der Waals surface area contributed by atoms with Crippen molar-refractivity contribution in [1.29, 1.82) is 0 Å². The second-order valence-corrected chi connectivity index (χ2v) is 5.81. The first-order chi connectivity index (χ1) is 9.86. The summed E-state index contributed by atoms with van der Waals surface area (Å²) >= 11 is 0. The Balaban J connectivity index is 2.99. The molecule has 0 saturated heterocycles. The quantitative estimate of drug-likeness (QED) is 0.560. The summed E-state index contributed by atoms with van der Waals surface area (Å²) in [4.78, 5) is 0. The molecule has 0 aliphatic rings. The van der Waals surface area contributed by atoms with E-state index in [0.717, 1.165) is 0 Å². The van der Waals surface area contributed by atoms with Gasteiger partial charge in [0.1, 0.15) is 0 Å². The molecule has 0 aliphatic carbocycles. The third-order valence-corrected chi connectivity index (χ3v) is 4.10. The van der Waals surface area contributed by atoms with Crippen LogP contribution in [-0.4, -0.2) is 0 Å². The second kappa shape index (κ2) is 7.83. The van der Waals surface area contributed by atoms with Crippen molar-refractivity contribution >= 4 is 6.08 Å². The zero-order valence-corrected chi connectivity index (χ0v) is 14.5. The number of allylic oxidation sites excluding steroid dienone is 7. The van der Waals surface area contributed by atoms with Gasteiger partial charge in [-0.2, -0.15) is 0 Å². The van der Waals surface area contributed by atoms with E-state index >= 15 is 0 Å². The topological polar surface area (TPSA) is 0 Å². The number of hydrogen-bond acceptors (Lipinski definition) is 0. The molecule has 21 heavy (non-hydrogen) atoms. The van der Waals surface area contributed by atoms with Gasteiger partial charge in [0, 0.05) is 0 Å². The normalized spacial score (nSPS) is 13.7. The molecular weight excluding hydrogens is 252 g/mol. The Hall–Kier alpha value is -1.82.